The SMILES string of the molecule is O=C(N1CC(OCc2ccc(S(=O)(=O)C(F)(F)F)cc2F)C1)N1CC[C@H](c2ncn[nH]2)C1. The summed E-state index contributed by atoms with van der Waals surface area (Å²) >= 11 is 0. The number of nitrogens with zero attached hydrogens (tertiary/aromatic N) is 4. The molecule has 4 rings (SSSR count). The second kappa shape index (κ2) is 8.31. The molecule has 14 heteroatoms. The van der Waals surface area contributed by atoms with Gasteiger partial charge in [0.05, 0.1) is 30.7 Å². The maximum Gasteiger partial charge on any atom is 0.501 e. The second-order valence-corrected chi connectivity index (χ2v) is 9.57. The van der Waals surface area contributed by atoms with E-state index in [0.717, 1.165) is 18.3 Å². The fourth-order valence-corrected chi connectivity index (χ4v) is 4.40. The summed E-state index contributed by atoms with van der Waals surface area (Å²) in [5.74, 6) is -0.277. The number of amides is 2. The van der Waals surface area contributed by atoms with E-state index in [4.69, 9.17) is 4.74 Å². The summed E-state index contributed by atoms with van der Waals surface area (Å²) < 4.78 is 80.1. The first kappa shape index (κ1) is 22.5. The van der Waals surface area contributed by atoms with E-state index >= 15 is 0 Å². The lowest BCUT2D eigenvalue weighted by Crippen LogP contribution is -2.58. The Labute approximate surface area is 180 Å². The van der Waals surface area contributed by atoms with Gasteiger partial charge in [-0.3, -0.25) is 5.10 Å². The zero-order chi connectivity index (χ0) is 23.1. The molecular weight excluding hydrogens is 458 g/mol. The molecule has 0 radical (unpaired) electrons. The molecule has 1 aromatic heterocycles. The number of ether oxygens (including phenoxy) is 1. The van der Waals surface area contributed by atoms with Crippen molar-refractivity contribution >= 4 is 15.9 Å². The van der Waals surface area contributed by atoms with E-state index in [9.17, 15) is 30.8 Å². The highest BCUT2D eigenvalue weighted by molar-refractivity contribution is 7.92. The summed E-state index contributed by atoms with van der Waals surface area (Å²) in [4.78, 5) is 18.8. The topological polar surface area (TPSA) is 108 Å². The van der Waals surface area contributed by atoms with Gasteiger partial charge in [-0.05, 0) is 18.6 Å². The monoisotopic (exact) mass is 477 g/mol. The van der Waals surface area contributed by atoms with E-state index in [-0.39, 0.29) is 30.2 Å². The van der Waals surface area contributed by atoms with Crippen LogP contribution in [-0.4, -0.2) is 77.2 Å². The molecule has 1 N–H and O–H groups in total. The molecule has 2 aliphatic rings. The smallest absolute Gasteiger partial charge is 0.370 e. The third-order valence-electron chi connectivity index (χ3n) is 5.51. The van der Waals surface area contributed by atoms with Gasteiger partial charge in [0.1, 0.15) is 18.0 Å². The number of alkyl halides is 3. The van der Waals surface area contributed by atoms with Crippen molar-refractivity contribution in [2.45, 2.75) is 35.5 Å². The van der Waals surface area contributed by atoms with Gasteiger partial charge in [0.2, 0.25) is 0 Å². The van der Waals surface area contributed by atoms with Crippen LogP contribution < -0.4 is 0 Å². The standard InChI is InChI=1S/C18H19F4N5O4S/c19-15-5-14(32(29,30)18(20,21)22)2-1-12(15)9-31-13-7-27(8-13)17(28)26-4-3-11(6-26)16-23-10-24-25-16/h1-2,5,10-11,13H,3-4,6-9H2,(H,23,24,25)/t11-/m0/s1. The lowest BCUT2D eigenvalue weighted by molar-refractivity contribution is -0.0494. The van der Waals surface area contributed by atoms with Crippen molar-refractivity contribution in [3.63, 3.8) is 0 Å². The van der Waals surface area contributed by atoms with Crippen molar-refractivity contribution in [1.82, 2.24) is 25.0 Å². The molecular formula is C18H19F4N5O4S. The Balaban J connectivity index is 1.26. The zero-order valence-electron chi connectivity index (χ0n) is 16.5. The molecule has 2 saturated heterocycles. The van der Waals surface area contributed by atoms with E-state index in [1.54, 1.807) is 9.80 Å². The van der Waals surface area contributed by atoms with Crippen LogP contribution in [0.3, 0.4) is 0 Å². The van der Waals surface area contributed by atoms with Crippen molar-refractivity contribution in [2.75, 3.05) is 26.2 Å². The molecule has 32 heavy (non-hydrogen) atoms. The summed E-state index contributed by atoms with van der Waals surface area (Å²) in [5.41, 5.74) is -5.59. The first-order valence-corrected chi connectivity index (χ1v) is 11.1. The number of benzene rings is 1. The number of carbonyl (C=O) groups excluding carboxylic acids is 1. The summed E-state index contributed by atoms with van der Waals surface area (Å²) in [7, 11) is -5.62. The van der Waals surface area contributed by atoms with Crippen molar-refractivity contribution in [3.05, 3.63) is 41.7 Å². The fraction of sp³-hybridized carbons (Fsp3) is 0.500. The highest BCUT2D eigenvalue weighted by Crippen LogP contribution is 2.31. The normalized spacial score (nSPS) is 19.9. The van der Waals surface area contributed by atoms with Gasteiger partial charge >= 0.3 is 11.5 Å². The molecule has 9 nitrogen and oxygen atoms in total. The third kappa shape index (κ3) is 4.28. The van der Waals surface area contributed by atoms with Crippen LogP contribution in [0.2, 0.25) is 0 Å². The number of hydrogen-bond acceptors (Lipinski definition) is 6. The molecule has 3 heterocycles. The number of carbonyl (C=O) groups is 1. The Hall–Kier alpha value is -2.74. The summed E-state index contributed by atoms with van der Waals surface area (Å²) in [6.07, 6.45) is 1.83. The Morgan fingerprint density at radius 3 is 2.59 bits per heavy atom. The van der Waals surface area contributed by atoms with E-state index in [0.29, 0.717) is 38.3 Å². The number of rotatable bonds is 5. The molecule has 2 aliphatic heterocycles. The maximum absolute atomic E-state index is 14.1. The van der Waals surface area contributed by atoms with Crippen molar-refractivity contribution < 1.29 is 35.5 Å². The molecule has 0 saturated carbocycles. The number of urea groups is 1. The van der Waals surface area contributed by atoms with Gasteiger partial charge in [-0.1, -0.05) is 6.07 Å². The minimum absolute atomic E-state index is 0.0784. The largest absolute Gasteiger partial charge is 0.501 e. The van der Waals surface area contributed by atoms with E-state index in [1.807, 2.05) is 0 Å². The van der Waals surface area contributed by atoms with Crippen LogP contribution in [-0.2, 0) is 21.2 Å². The van der Waals surface area contributed by atoms with Crippen LogP contribution in [0.25, 0.3) is 0 Å². The van der Waals surface area contributed by atoms with Crippen LogP contribution in [0, 0.1) is 5.82 Å². The first-order chi connectivity index (χ1) is 15.1. The lowest BCUT2D eigenvalue weighted by atomic mass is 10.1. The molecule has 2 fully saturated rings. The van der Waals surface area contributed by atoms with Gasteiger partial charge in [0, 0.05) is 24.6 Å². The molecule has 1 atom stereocenters. The molecule has 0 spiro atoms. The first-order valence-electron chi connectivity index (χ1n) is 9.67. The Morgan fingerprint density at radius 2 is 1.97 bits per heavy atom. The number of likely N-dealkylation sites (tertiary alicyclic amines) is 2. The number of hydrogen-bond donors (Lipinski definition) is 1. The maximum atomic E-state index is 14.1. The van der Waals surface area contributed by atoms with Crippen LogP contribution in [0.1, 0.15) is 23.7 Å². The lowest BCUT2D eigenvalue weighted by Gasteiger charge is -2.40. The molecule has 2 amide bonds. The predicted octanol–water partition coefficient (Wildman–Crippen LogP) is 2.05. The average molecular weight is 477 g/mol. The molecule has 0 aliphatic carbocycles. The van der Waals surface area contributed by atoms with Crippen LogP contribution in [0.15, 0.2) is 29.4 Å². The Kier molecular flexibility index (Phi) is 5.83. The van der Waals surface area contributed by atoms with Gasteiger partial charge in [-0.2, -0.15) is 18.3 Å². The minimum Gasteiger partial charge on any atom is -0.370 e. The number of H-pyrrole nitrogens is 1. The van der Waals surface area contributed by atoms with Crippen molar-refractivity contribution in [1.29, 1.82) is 0 Å². The highest BCUT2D eigenvalue weighted by atomic mass is 32.2. The van der Waals surface area contributed by atoms with Crippen LogP contribution in [0.5, 0.6) is 0 Å². The van der Waals surface area contributed by atoms with E-state index in [2.05, 4.69) is 15.2 Å². The number of halogens is 4. The van der Waals surface area contributed by atoms with Crippen molar-refractivity contribution in [2.24, 2.45) is 0 Å². The van der Waals surface area contributed by atoms with Gasteiger partial charge in [0.25, 0.3) is 9.84 Å². The second-order valence-electron chi connectivity index (χ2n) is 7.63. The summed E-state index contributed by atoms with van der Waals surface area (Å²) in [5, 5.41) is 6.62. The minimum atomic E-state index is -5.62. The van der Waals surface area contributed by atoms with Crippen molar-refractivity contribution in [3.8, 4) is 0 Å². The molecule has 0 bridgehead atoms. The van der Waals surface area contributed by atoms with Gasteiger partial charge in [-0.25, -0.2) is 22.6 Å². The number of aromatic nitrogens is 3. The zero-order valence-corrected chi connectivity index (χ0v) is 17.4. The quantitative estimate of drug-likeness (QED) is 0.661. The summed E-state index contributed by atoms with van der Waals surface area (Å²) in [6.45, 7) is 1.44. The van der Waals surface area contributed by atoms with Gasteiger partial charge in [-0.15, -0.1) is 0 Å². The summed E-state index contributed by atoms with van der Waals surface area (Å²) in [6, 6.07) is 1.83. The highest BCUT2D eigenvalue weighted by Gasteiger charge is 2.47. The fourth-order valence-electron chi connectivity index (χ4n) is 3.62. The number of sulfone groups is 1. The van der Waals surface area contributed by atoms with E-state index in [1.165, 1.54) is 6.33 Å². The van der Waals surface area contributed by atoms with Gasteiger partial charge < -0.3 is 14.5 Å². The Bertz CT molecular complexity index is 1090. The molecule has 1 aromatic carbocycles. The van der Waals surface area contributed by atoms with Crippen LogP contribution in [0.4, 0.5) is 22.4 Å². The predicted molar refractivity (Wildman–Crippen MR) is 101 cm³/mol. The van der Waals surface area contributed by atoms with Crippen LogP contribution >= 0.6 is 0 Å². The molecule has 0 unspecified atom stereocenters. The average Bonchev–Trinajstić information content (AvgIpc) is 3.38. The van der Waals surface area contributed by atoms with E-state index < -0.39 is 26.1 Å². The van der Waals surface area contributed by atoms with Gasteiger partial charge in [0.15, 0.2) is 0 Å². The third-order valence-corrected chi connectivity index (χ3v) is 7.00. The molecule has 2 aromatic rings. The number of nitrogens with one attached hydrogen (secondary N) is 1. The Morgan fingerprint density at radius 1 is 1.22 bits per heavy atom. The number of aromatic amines is 1. The molecule has 174 valence electrons.